The van der Waals surface area contributed by atoms with E-state index >= 15 is 0 Å². The first-order valence-corrected chi connectivity index (χ1v) is 6.74. The smallest absolute Gasteiger partial charge is 0.185 e. The standard InChI is InChI=1S/C12H22N2OS/c1-5-6-7-8-14(4)12-13-9(2)11(16-12)10(3)15/h10,15H,5-8H2,1-4H3. The van der Waals surface area contributed by atoms with Gasteiger partial charge in [0.1, 0.15) is 0 Å². The minimum atomic E-state index is -0.407. The molecule has 1 rings (SSSR count). The van der Waals surface area contributed by atoms with Crippen LogP contribution in [-0.4, -0.2) is 23.7 Å². The monoisotopic (exact) mass is 242 g/mol. The lowest BCUT2D eigenvalue weighted by molar-refractivity contribution is 0.202. The average Bonchev–Trinajstić information content (AvgIpc) is 2.60. The summed E-state index contributed by atoms with van der Waals surface area (Å²) in [6.45, 7) is 7.00. The van der Waals surface area contributed by atoms with Gasteiger partial charge in [0.2, 0.25) is 0 Å². The third kappa shape index (κ3) is 3.46. The molecule has 1 aromatic rings. The van der Waals surface area contributed by atoms with E-state index in [9.17, 15) is 5.11 Å². The molecule has 92 valence electrons. The van der Waals surface area contributed by atoms with Crippen molar-refractivity contribution in [3.05, 3.63) is 10.6 Å². The van der Waals surface area contributed by atoms with Crippen molar-refractivity contribution < 1.29 is 5.11 Å². The summed E-state index contributed by atoms with van der Waals surface area (Å²) in [5, 5.41) is 10.6. The lowest BCUT2D eigenvalue weighted by atomic mass is 10.2. The second-order valence-electron chi connectivity index (χ2n) is 4.25. The average molecular weight is 242 g/mol. The second-order valence-corrected chi connectivity index (χ2v) is 5.26. The van der Waals surface area contributed by atoms with Crippen LogP contribution in [0.5, 0.6) is 0 Å². The van der Waals surface area contributed by atoms with Gasteiger partial charge in [-0.15, -0.1) is 0 Å². The van der Waals surface area contributed by atoms with Gasteiger partial charge in [0.25, 0.3) is 0 Å². The molecule has 0 bridgehead atoms. The number of aromatic nitrogens is 1. The van der Waals surface area contributed by atoms with Crippen LogP contribution < -0.4 is 4.90 Å². The third-order valence-electron chi connectivity index (χ3n) is 2.62. The van der Waals surface area contributed by atoms with Gasteiger partial charge in [-0.1, -0.05) is 31.1 Å². The number of unbranched alkanes of at least 4 members (excludes halogenated alkanes) is 2. The molecule has 1 atom stereocenters. The molecule has 4 heteroatoms. The molecule has 0 fully saturated rings. The van der Waals surface area contributed by atoms with Gasteiger partial charge in [0, 0.05) is 13.6 Å². The summed E-state index contributed by atoms with van der Waals surface area (Å²) in [6, 6.07) is 0. The van der Waals surface area contributed by atoms with Gasteiger partial charge < -0.3 is 10.0 Å². The van der Waals surface area contributed by atoms with Gasteiger partial charge in [0.15, 0.2) is 5.13 Å². The predicted octanol–water partition coefficient (Wildman–Crippen LogP) is 3.13. The predicted molar refractivity (Wildman–Crippen MR) is 70.3 cm³/mol. The SMILES string of the molecule is CCCCCN(C)c1nc(C)c(C(C)O)s1. The summed E-state index contributed by atoms with van der Waals surface area (Å²) in [5.74, 6) is 0. The Balaban J connectivity index is 2.62. The number of rotatable bonds is 6. The topological polar surface area (TPSA) is 36.4 Å². The first-order valence-electron chi connectivity index (χ1n) is 5.92. The molecule has 0 aliphatic carbocycles. The van der Waals surface area contributed by atoms with Crippen molar-refractivity contribution in [3.63, 3.8) is 0 Å². The van der Waals surface area contributed by atoms with E-state index in [0.717, 1.165) is 22.2 Å². The van der Waals surface area contributed by atoms with Crippen LogP contribution in [0.1, 0.15) is 49.8 Å². The number of anilines is 1. The Morgan fingerprint density at radius 3 is 2.62 bits per heavy atom. The van der Waals surface area contributed by atoms with E-state index in [2.05, 4.69) is 23.9 Å². The van der Waals surface area contributed by atoms with Crippen molar-refractivity contribution in [2.24, 2.45) is 0 Å². The van der Waals surface area contributed by atoms with Crippen molar-refractivity contribution in [2.45, 2.75) is 46.1 Å². The van der Waals surface area contributed by atoms with E-state index in [1.807, 2.05) is 6.92 Å². The highest BCUT2D eigenvalue weighted by Gasteiger charge is 2.14. The maximum Gasteiger partial charge on any atom is 0.185 e. The van der Waals surface area contributed by atoms with Gasteiger partial charge in [0.05, 0.1) is 16.7 Å². The first kappa shape index (κ1) is 13.5. The summed E-state index contributed by atoms with van der Waals surface area (Å²) in [4.78, 5) is 7.66. The molecular formula is C12H22N2OS. The molecule has 0 aliphatic heterocycles. The lowest BCUT2D eigenvalue weighted by Crippen LogP contribution is -2.18. The molecular weight excluding hydrogens is 220 g/mol. The molecule has 16 heavy (non-hydrogen) atoms. The van der Waals surface area contributed by atoms with Crippen molar-refractivity contribution in [3.8, 4) is 0 Å². The van der Waals surface area contributed by atoms with Crippen LogP contribution in [0.3, 0.4) is 0 Å². The highest BCUT2D eigenvalue weighted by molar-refractivity contribution is 7.15. The van der Waals surface area contributed by atoms with Crippen LogP contribution in [0.2, 0.25) is 0 Å². The molecule has 1 heterocycles. The summed E-state index contributed by atoms with van der Waals surface area (Å²) >= 11 is 1.60. The maximum atomic E-state index is 9.57. The highest BCUT2D eigenvalue weighted by Crippen LogP contribution is 2.30. The van der Waals surface area contributed by atoms with Crippen LogP contribution in [0.25, 0.3) is 0 Å². The zero-order valence-corrected chi connectivity index (χ0v) is 11.5. The minimum absolute atomic E-state index is 0.407. The van der Waals surface area contributed by atoms with E-state index in [0.29, 0.717) is 0 Å². The van der Waals surface area contributed by atoms with Gasteiger partial charge in [-0.25, -0.2) is 4.98 Å². The van der Waals surface area contributed by atoms with E-state index in [1.165, 1.54) is 19.3 Å². The Bertz CT molecular complexity index is 323. The fourth-order valence-corrected chi connectivity index (χ4v) is 2.63. The van der Waals surface area contributed by atoms with Crippen LogP contribution in [-0.2, 0) is 0 Å². The van der Waals surface area contributed by atoms with Crippen molar-refractivity contribution >= 4 is 16.5 Å². The molecule has 0 aliphatic rings. The van der Waals surface area contributed by atoms with Crippen LogP contribution in [0.4, 0.5) is 5.13 Å². The van der Waals surface area contributed by atoms with Crippen molar-refractivity contribution in [1.82, 2.24) is 4.98 Å². The number of thiazole rings is 1. The maximum absolute atomic E-state index is 9.57. The first-order chi connectivity index (χ1) is 7.56. The number of hydrogen-bond acceptors (Lipinski definition) is 4. The molecule has 1 unspecified atom stereocenters. The van der Waals surface area contributed by atoms with Crippen LogP contribution in [0, 0.1) is 6.92 Å². The Hall–Kier alpha value is -0.610. The zero-order valence-electron chi connectivity index (χ0n) is 10.7. The summed E-state index contributed by atoms with van der Waals surface area (Å²) in [7, 11) is 2.07. The molecule has 1 aromatic heterocycles. The summed E-state index contributed by atoms with van der Waals surface area (Å²) in [5.41, 5.74) is 0.956. The normalized spacial score (nSPS) is 12.8. The van der Waals surface area contributed by atoms with E-state index < -0.39 is 6.10 Å². The number of aliphatic hydroxyl groups is 1. The molecule has 0 amide bonds. The quantitative estimate of drug-likeness (QED) is 0.779. The van der Waals surface area contributed by atoms with E-state index in [1.54, 1.807) is 18.3 Å². The van der Waals surface area contributed by atoms with Crippen LogP contribution in [0.15, 0.2) is 0 Å². The van der Waals surface area contributed by atoms with Crippen LogP contribution >= 0.6 is 11.3 Å². The number of hydrogen-bond donors (Lipinski definition) is 1. The highest BCUT2D eigenvalue weighted by atomic mass is 32.1. The fraction of sp³-hybridized carbons (Fsp3) is 0.750. The Morgan fingerprint density at radius 1 is 1.44 bits per heavy atom. The van der Waals surface area contributed by atoms with E-state index in [-0.39, 0.29) is 0 Å². The Labute approximate surface area is 102 Å². The van der Waals surface area contributed by atoms with Gasteiger partial charge >= 0.3 is 0 Å². The molecule has 1 N–H and O–H groups in total. The van der Waals surface area contributed by atoms with E-state index in [4.69, 9.17) is 0 Å². The summed E-state index contributed by atoms with van der Waals surface area (Å²) < 4.78 is 0. The molecule has 0 saturated carbocycles. The fourth-order valence-electron chi connectivity index (χ4n) is 1.64. The number of aryl methyl sites for hydroxylation is 1. The number of nitrogens with zero attached hydrogens (tertiary/aromatic N) is 2. The molecule has 3 nitrogen and oxygen atoms in total. The molecule has 0 aromatic carbocycles. The summed E-state index contributed by atoms with van der Waals surface area (Å²) in [6.07, 6.45) is 3.30. The third-order valence-corrected chi connectivity index (χ3v) is 4.07. The second kappa shape index (κ2) is 6.21. The van der Waals surface area contributed by atoms with Gasteiger partial charge in [-0.3, -0.25) is 0 Å². The Morgan fingerprint density at radius 2 is 2.12 bits per heavy atom. The zero-order chi connectivity index (χ0) is 12.1. The van der Waals surface area contributed by atoms with Crippen molar-refractivity contribution in [2.75, 3.05) is 18.5 Å². The number of aliphatic hydroxyl groups excluding tert-OH is 1. The van der Waals surface area contributed by atoms with Crippen molar-refractivity contribution in [1.29, 1.82) is 0 Å². The molecule has 0 radical (unpaired) electrons. The molecule has 0 spiro atoms. The Kier molecular flexibility index (Phi) is 5.22. The lowest BCUT2D eigenvalue weighted by Gasteiger charge is -2.14. The largest absolute Gasteiger partial charge is 0.388 e. The molecule has 0 saturated heterocycles. The minimum Gasteiger partial charge on any atom is -0.388 e. The van der Waals surface area contributed by atoms with Gasteiger partial charge in [-0.2, -0.15) is 0 Å². The van der Waals surface area contributed by atoms with Gasteiger partial charge in [-0.05, 0) is 20.3 Å².